The molecule has 1 amide bonds. The summed E-state index contributed by atoms with van der Waals surface area (Å²) in [7, 11) is 0. The largest absolute Gasteiger partial charge is 0.465 e. The number of pyridine rings is 1. The molecule has 5 rings (SSSR count). The Kier molecular flexibility index (Phi) is 6.52. The Labute approximate surface area is 212 Å². The highest BCUT2D eigenvalue weighted by Gasteiger charge is 2.26. The predicted octanol–water partition coefficient (Wildman–Crippen LogP) is 4.90. The SMILES string of the molecule is CC(C)Nc1cc(-c2ccc3cc(C#N)cnn23)ncc1-c1nnc(C2CCC(NC(=O)O)CC2)s1. The van der Waals surface area contributed by atoms with Gasteiger partial charge in [0.1, 0.15) is 11.1 Å². The molecule has 3 N–H and O–H groups in total. The van der Waals surface area contributed by atoms with Gasteiger partial charge in [-0.15, -0.1) is 10.2 Å². The summed E-state index contributed by atoms with van der Waals surface area (Å²) in [6.45, 7) is 4.16. The van der Waals surface area contributed by atoms with Gasteiger partial charge in [-0.1, -0.05) is 11.3 Å². The maximum atomic E-state index is 10.9. The van der Waals surface area contributed by atoms with Crippen LogP contribution in [0.1, 0.15) is 56.0 Å². The lowest BCUT2D eigenvalue weighted by atomic mass is 9.86. The summed E-state index contributed by atoms with van der Waals surface area (Å²) >= 11 is 1.57. The van der Waals surface area contributed by atoms with Crippen LogP contribution in [0.15, 0.2) is 36.7 Å². The third-order valence-corrected chi connectivity index (χ3v) is 7.43. The highest BCUT2D eigenvalue weighted by molar-refractivity contribution is 7.14. The second-order valence-electron chi connectivity index (χ2n) is 9.27. The number of carbonyl (C=O) groups is 1. The molecule has 0 bridgehead atoms. The van der Waals surface area contributed by atoms with E-state index in [4.69, 9.17) is 15.4 Å². The quantitative estimate of drug-likeness (QED) is 0.338. The fraction of sp³-hybridized carbons (Fsp3) is 0.360. The van der Waals surface area contributed by atoms with Gasteiger partial charge in [-0.05, 0) is 63.8 Å². The molecule has 0 unspecified atom stereocenters. The van der Waals surface area contributed by atoms with E-state index in [0.717, 1.165) is 63.9 Å². The molecular weight excluding hydrogens is 476 g/mol. The van der Waals surface area contributed by atoms with Crippen molar-refractivity contribution in [3.05, 3.63) is 47.2 Å². The van der Waals surface area contributed by atoms with Crippen molar-refractivity contribution in [3.8, 4) is 28.0 Å². The van der Waals surface area contributed by atoms with E-state index < -0.39 is 6.09 Å². The Morgan fingerprint density at radius 2 is 2.00 bits per heavy atom. The summed E-state index contributed by atoms with van der Waals surface area (Å²) in [5.41, 5.74) is 4.73. The van der Waals surface area contributed by atoms with Crippen LogP contribution in [-0.4, -0.2) is 48.1 Å². The number of nitriles is 1. The normalized spacial score (nSPS) is 17.7. The fourth-order valence-electron chi connectivity index (χ4n) is 4.62. The van der Waals surface area contributed by atoms with E-state index in [1.807, 2.05) is 24.4 Å². The van der Waals surface area contributed by atoms with Crippen molar-refractivity contribution in [2.24, 2.45) is 0 Å². The Morgan fingerprint density at radius 3 is 2.72 bits per heavy atom. The highest BCUT2D eigenvalue weighted by Crippen LogP contribution is 2.39. The zero-order valence-electron chi connectivity index (χ0n) is 20.0. The standard InChI is InChI=1S/C25H26N8O2S/c1-14(2)29-20-10-21(22-8-7-18-9-15(11-26)12-28-33(18)22)27-13-19(20)24-32-31-23(36-24)16-3-5-17(6-4-16)30-25(34)35/h7-10,12-14,16-17,30H,3-6H2,1-2H3,(H,27,29)(H,34,35). The van der Waals surface area contributed by atoms with Gasteiger partial charge >= 0.3 is 6.09 Å². The molecule has 4 heterocycles. The molecule has 184 valence electrons. The van der Waals surface area contributed by atoms with Gasteiger partial charge in [0.05, 0.1) is 34.2 Å². The molecule has 1 saturated carbocycles. The van der Waals surface area contributed by atoms with Crippen LogP contribution < -0.4 is 10.6 Å². The first-order valence-electron chi connectivity index (χ1n) is 11.9. The van der Waals surface area contributed by atoms with Crippen molar-refractivity contribution < 1.29 is 9.90 Å². The van der Waals surface area contributed by atoms with Gasteiger partial charge in [-0.3, -0.25) is 4.98 Å². The van der Waals surface area contributed by atoms with Crippen molar-refractivity contribution in [1.82, 2.24) is 30.1 Å². The van der Waals surface area contributed by atoms with Gasteiger partial charge in [0.2, 0.25) is 0 Å². The lowest BCUT2D eigenvalue weighted by molar-refractivity contribution is 0.185. The van der Waals surface area contributed by atoms with Gasteiger partial charge in [-0.25, -0.2) is 9.31 Å². The first-order valence-corrected chi connectivity index (χ1v) is 12.7. The molecular formula is C25H26N8O2S. The molecule has 4 aromatic rings. The Balaban J connectivity index is 1.42. The van der Waals surface area contributed by atoms with E-state index >= 15 is 0 Å². The maximum Gasteiger partial charge on any atom is 0.404 e. The Morgan fingerprint density at radius 1 is 1.19 bits per heavy atom. The molecule has 0 atom stereocenters. The minimum absolute atomic E-state index is 0.0100. The Hall–Kier alpha value is -4.04. The van der Waals surface area contributed by atoms with Crippen LogP contribution in [0, 0.1) is 11.3 Å². The third kappa shape index (κ3) is 4.85. The first kappa shape index (κ1) is 23.7. The molecule has 11 heteroatoms. The number of fused-ring (bicyclic) bond motifs is 1. The van der Waals surface area contributed by atoms with Crippen molar-refractivity contribution >= 4 is 28.6 Å². The summed E-state index contributed by atoms with van der Waals surface area (Å²) in [5.74, 6) is 0.285. The van der Waals surface area contributed by atoms with Crippen LogP contribution in [0.5, 0.6) is 0 Å². The number of carboxylic acid groups (broad SMARTS) is 1. The first-order chi connectivity index (χ1) is 17.4. The number of rotatable bonds is 6. The molecule has 0 spiro atoms. The minimum Gasteiger partial charge on any atom is -0.465 e. The fourth-order valence-corrected chi connectivity index (χ4v) is 5.65. The van der Waals surface area contributed by atoms with E-state index in [1.165, 1.54) is 0 Å². The van der Waals surface area contributed by atoms with Gasteiger partial charge in [0.25, 0.3) is 0 Å². The Bertz CT molecular complexity index is 1450. The van der Waals surface area contributed by atoms with Crippen LogP contribution in [0.25, 0.3) is 27.5 Å². The highest BCUT2D eigenvalue weighted by atomic mass is 32.1. The van der Waals surface area contributed by atoms with Gasteiger partial charge < -0.3 is 15.7 Å². The van der Waals surface area contributed by atoms with Gasteiger partial charge in [-0.2, -0.15) is 10.4 Å². The molecule has 36 heavy (non-hydrogen) atoms. The van der Waals surface area contributed by atoms with E-state index in [1.54, 1.807) is 28.1 Å². The molecule has 0 radical (unpaired) electrons. The molecule has 0 saturated heterocycles. The molecule has 10 nitrogen and oxygen atoms in total. The summed E-state index contributed by atoms with van der Waals surface area (Å²) in [6.07, 6.45) is 5.78. The number of amides is 1. The van der Waals surface area contributed by atoms with Crippen molar-refractivity contribution in [1.29, 1.82) is 5.26 Å². The molecule has 0 aromatic carbocycles. The minimum atomic E-state index is -0.964. The van der Waals surface area contributed by atoms with Gasteiger partial charge in [0.15, 0.2) is 5.01 Å². The van der Waals surface area contributed by atoms with Crippen molar-refractivity contribution in [2.45, 2.75) is 57.5 Å². The number of anilines is 1. The number of nitrogens with zero attached hydrogens (tertiary/aromatic N) is 6. The number of nitrogens with one attached hydrogen (secondary N) is 2. The molecule has 1 aliphatic rings. The van der Waals surface area contributed by atoms with E-state index in [-0.39, 0.29) is 18.0 Å². The second kappa shape index (κ2) is 9.91. The monoisotopic (exact) mass is 502 g/mol. The third-order valence-electron chi connectivity index (χ3n) is 6.32. The maximum absolute atomic E-state index is 10.9. The molecule has 1 aliphatic carbocycles. The summed E-state index contributed by atoms with van der Waals surface area (Å²) in [6, 6.07) is 10.00. The lowest BCUT2D eigenvalue weighted by Crippen LogP contribution is -2.36. The number of hydrogen-bond donors (Lipinski definition) is 3. The molecule has 4 aromatic heterocycles. The smallest absolute Gasteiger partial charge is 0.404 e. The molecule has 1 fully saturated rings. The van der Waals surface area contributed by atoms with Crippen LogP contribution >= 0.6 is 11.3 Å². The van der Waals surface area contributed by atoms with Crippen LogP contribution in [0.2, 0.25) is 0 Å². The summed E-state index contributed by atoms with van der Waals surface area (Å²) in [4.78, 5) is 15.6. The number of hydrogen-bond acceptors (Lipinski definition) is 8. The second-order valence-corrected chi connectivity index (χ2v) is 10.3. The zero-order chi connectivity index (χ0) is 25.2. The van der Waals surface area contributed by atoms with Crippen molar-refractivity contribution in [3.63, 3.8) is 0 Å². The predicted molar refractivity (Wildman–Crippen MR) is 137 cm³/mol. The van der Waals surface area contributed by atoms with Crippen molar-refractivity contribution in [2.75, 3.05) is 5.32 Å². The van der Waals surface area contributed by atoms with E-state index in [2.05, 4.69) is 45.8 Å². The zero-order valence-corrected chi connectivity index (χ0v) is 20.8. The lowest BCUT2D eigenvalue weighted by Gasteiger charge is -2.26. The van der Waals surface area contributed by atoms with Crippen LogP contribution in [0.4, 0.5) is 10.5 Å². The molecule has 0 aliphatic heterocycles. The van der Waals surface area contributed by atoms with Crippen LogP contribution in [0.3, 0.4) is 0 Å². The van der Waals surface area contributed by atoms with Crippen LogP contribution in [-0.2, 0) is 0 Å². The average Bonchev–Trinajstić information content (AvgIpc) is 3.51. The van der Waals surface area contributed by atoms with Gasteiger partial charge in [0, 0.05) is 29.9 Å². The van der Waals surface area contributed by atoms with E-state index in [9.17, 15) is 4.79 Å². The topological polar surface area (TPSA) is 141 Å². The summed E-state index contributed by atoms with van der Waals surface area (Å²) < 4.78 is 1.78. The number of aromatic nitrogens is 5. The van der Waals surface area contributed by atoms with E-state index in [0.29, 0.717) is 5.56 Å². The average molecular weight is 503 g/mol. The summed E-state index contributed by atoms with van der Waals surface area (Å²) in [5, 5.41) is 39.4.